The number of benzene rings is 1. The van der Waals surface area contributed by atoms with Gasteiger partial charge in [0.15, 0.2) is 0 Å². The van der Waals surface area contributed by atoms with Crippen molar-refractivity contribution in [2.24, 2.45) is 0 Å². The van der Waals surface area contributed by atoms with Gasteiger partial charge in [-0.15, -0.1) is 5.10 Å². The first-order chi connectivity index (χ1) is 15.9. The SMILES string of the molecule is CN1CCN(c2ccc(Nc3ncc4ccc(C5=CCN(S(C)(=O)=O)CC5)n4n3)cc2)CC1. The molecule has 174 valence electrons. The predicted octanol–water partition coefficient (Wildman–Crippen LogP) is 2.27. The zero-order valence-corrected chi connectivity index (χ0v) is 19.8. The minimum absolute atomic E-state index is 0.386. The molecule has 1 fully saturated rings. The molecule has 1 aromatic carbocycles. The minimum atomic E-state index is -3.17. The van der Waals surface area contributed by atoms with E-state index in [9.17, 15) is 8.42 Å². The number of hydrogen-bond donors (Lipinski definition) is 1. The summed E-state index contributed by atoms with van der Waals surface area (Å²) in [5.41, 5.74) is 5.12. The first-order valence-electron chi connectivity index (χ1n) is 11.2. The number of aromatic nitrogens is 3. The molecule has 2 aromatic heterocycles. The number of anilines is 3. The molecule has 0 amide bonds. The lowest BCUT2D eigenvalue weighted by atomic mass is 10.1. The van der Waals surface area contributed by atoms with Gasteiger partial charge < -0.3 is 15.1 Å². The van der Waals surface area contributed by atoms with E-state index in [1.165, 1.54) is 16.2 Å². The molecule has 33 heavy (non-hydrogen) atoms. The van der Waals surface area contributed by atoms with Crippen molar-refractivity contribution in [1.29, 1.82) is 0 Å². The van der Waals surface area contributed by atoms with Crippen molar-refractivity contribution in [3.8, 4) is 0 Å². The third-order valence-electron chi connectivity index (χ3n) is 6.36. The molecule has 0 unspecified atom stereocenters. The average Bonchev–Trinajstić information content (AvgIpc) is 3.23. The van der Waals surface area contributed by atoms with E-state index in [0.29, 0.717) is 25.5 Å². The fourth-order valence-electron chi connectivity index (χ4n) is 4.34. The van der Waals surface area contributed by atoms with Crippen LogP contribution >= 0.6 is 0 Å². The number of hydrogen-bond acceptors (Lipinski definition) is 7. The van der Waals surface area contributed by atoms with Gasteiger partial charge in [0.05, 0.1) is 23.7 Å². The van der Waals surface area contributed by atoms with E-state index >= 15 is 0 Å². The maximum atomic E-state index is 11.8. The predicted molar refractivity (Wildman–Crippen MR) is 131 cm³/mol. The third kappa shape index (κ3) is 4.73. The number of rotatable bonds is 5. The molecule has 0 radical (unpaired) electrons. The molecule has 9 nitrogen and oxygen atoms in total. The highest BCUT2D eigenvalue weighted by Crippen LogP contribution is 2.26. The summed E-state index contributed by atoms with van der Waals surface area (Å²) in [7, 11) is -1.01. The second-order valence-corrected chi connectivity index (χ2v) is 10.7. The van der Waals surface area contributed by atoms with E-state index in [4.69, 9.17) is 5.10 Å². The Kier molecular flexibility index (Phi) is 5.81. The first kappa shape index (κ1) is 21.9. The van der Waals surface area contributed by atoms with Crippen LogP contribution in [0.25, 0.3) is 11.1 Å². The summed E-state index contributed by atoms with van der Waals surface area (Å²) in [5, 5.41) is 8.00. The standard InChI is InChI=1S/C23H29N7O2S/c1-27-13-15-28(16-14-27)20-5-3-19(4-6-20)25-23-24-17-21-7-8-22(30(21)26-23)18-9-11-29(12-10-18)33(2,31)32/h3-9,17H,10-16H2,1-2H3,(H,25,26). The fraction of sp³-hybridized carbons (Fsp3) is 0.391. The lowest BCUT2D eigenvalue weighted by Gasteiger charge is -2.34. The van der Waals surface area contributed by atoms with E-state index in [1.807, 2.05) is 22.7 Å². The summed E-state index contributed by atoms with van der Waals surface area (Å²) in [6, 6.07) is 12.4. The Hall–Kier alpha value is -2.95. The van der Waals surface area contributed by atoms with Gasteiger partial charge in [0.25, 0.3) is 0 Å². The minimum Gasteiger partial charge on any atom is -0.369 e. The molecule has 1 N–H and O–H groups in total. The highest BCUT2D eigenvalue weighted by Gasteiger charge is 2.22. The van der Waals surface area contributed by atoms with E-state index in [2.05, 4.69) is 51.4 Å². The summed E-state index contributed by atoms with van der Waals surface area (Å²) in [6.45, 7) is 5.10. The van der Waals surface area contributed by atoms with Gasteiger partial charge in [0.2, 0.25) is 16.0 Å². The summed E-state index contributed by atoms with van der Waals surface area (Å²) < 4.78 is 26.9. The van der Waals surface area contributed by atoms with Crippen LogP contribution in [0.15, 0.2) is 48.7 Å². The van der Waals surface area contributed by atoms with Gasteiger partial charge >= 0.3 is 0 Å². The van der Waals surface area contributed by atoms with E-state index < -0.39 is 10.0 Å². The van der Waals surface area contributed by atoms with Crippen LogP contribution in [0.5, 0.6) is 0 Å². The van der Waals surface area contributed by atoms with Crippen molar-refractivity contribution < 1.29 is 8.42 Å². The summed E-state index contributed by atoms with van der Waals surface area (Å²) in [5.74, 6) is 0.515. The van der Waals surface area contributed by atoms with Crippen molar-refractivity contribution in [2.45, 2.75) is 6.42 Å². The number of sulfonamides is 1. The first-order valence-corrected chi connectivity index (χ1v) is 13.0. The molecule has 0 saturated carbocycles. The van der Waals surface area contributed by atoms with Crippen LogP contribution < -0.4 is 10.2 Å². The number of nitrogens with zero attached hydrogens (tertiary/aromatic N) is 6. The van der Waals surface area contributed by atoms with Gasteiger partial charge in [-0.2, -0.15) is 4.31 Å². The van der Waals surface area contributed by atoms with Gasteiger partial charge in [-0.25, -0.2) is 17.9 Å². The Bertz CT molecular complexity index is 1280. The molecular formula is C23H29N7O2S. The van der Waals surface area contributed by atoms with Crippen LogP contribution in [0, 0.1) is 0 Å². The molecule has 3 aromatic rings. The van der Waals surface area contributed by atoms with Crippen molar-refractivity contribution in [3.05, 3.63) is 54.4 Å². The molecule has 4 heterocycles. The highest BCUT2D eigenvalue weighted by atomic mass is 32.2. The van der Waals surface area contributed by atoms with Crippen LogP contribution in [-0.2, 0) is 10.0 Å². The third-order valence-corrected chi connectivity index (χ3v) is 7.63. The Morgan fingerprint density at radius 2 is 1.73 bits per heavy atom. The summed E-state index contributed by atoms with van der Waals surface area (Å²) in [4.78, 5) is 9.21. The maximum Gasteiger partial charge on any atom is 0.245 e. The van der Waals surface area contributed by atoms with Crippen molar-refractivity contribution in [2.75, 3.05) is 62.8 Å². The summed E-state index contributed by atoms with van der Waals surface area (Å²) >= 11 is 0. The quantitative estimate of drug-likeness (QED) is 0.616. The molecule has 10 heteroatoms. The van der Waals surface area contributed by atoms with E-state index in [1.54, 1.807) is 6.20 Å². The summed E-state index contributed by atoms with van der Waals surface area (Å²) in [6.07, 6.45) is 5.67. The zero-order chi connectivity index (χ0) is 23.0. The van der Waals surface area contributed by atoms with E-state index in [0.717, 1.165) is 48.7 Å². The van der Waals surface area contributed by atoms with Crippen LogP contribution in [0.1, 0.15) is 12.1 Å². The Labute approximate surface area is 194 Å². The molecule has 0 bridgehead atoms. The number of likely N-dealkylation sites (N-methyl/N-ethyl adjacent to an activating group) is 1. The molecule has 2 aliphatic rings. The van der Waals surface area contributed by atoms with Gasteiger partial charge in [0.1, 0.15) is 0 Å². The molecule has 2 aliphatic heterocycles. The smallest absolute Gasteiger partial charge is 0.245 e. The lowest BCUT2D eigenvalue weighted by Crippen LogP contribution is -2.44. The zero-order valence-electron chi connectivity index (χ0n) is 19.0. The van der Waals surface area contributed by atoms with Gasteiger partial charge in [0, 0.05) is 50.6 Å². The van der Waals surface area contributed by atoms with Gasteiger partial charge in [-0.1, -0.05) is 6.08 Å². The molecule has 5 rings (SSSR count). The van der Waals surface area contributed by atoms with Gasteiger partial charge in [-0.3, -0.25) is 0 Å². The monoisotopic (exact) mass is 467 g/mol. The Morgan fingerprint density at radius 1 is 0.970 bits per heavy atom. The second-order valence-electron chi connectivity index (χ2n) is 8.70. The number of nitrogens with one attached hydrogen (secondary N) is 1. The molecule has 0 aliphatic carbocycles. The largest absolute Gasteiger partial charge is 0.369 e. The number of fused-ring (bicyclic) bond motifs is 1. The van der Waals surface area contributed by atoms with Gasteiger partial charge in [-0.05, 0) is 55.4 Å². The van der Waals surface area contributed by atoms with Crippen molar-refractivity contribution in [1.82, 2.24) is 23.8 Å². The Balaban J connectivity index is 1.32. The van der Waals surface area contributed by atoms with Crippen LogP contribution in [0.3, 0.4) is 0 Å². The maximum absolute atomic E-state index is 11.8. The molecular weight excluding hydrogens is 438 g/mol. The molecule has 0 spiro atoms. The normalized spacial score (nSPS) is 18.5. The van der Waals surface area contributed by atoms with Crippen LogP contribution in [0.2, 0.25) is 0 Å². The Morgan fingerprint density at radius 3 is 2.39 bits per heavy atom. The van der Waals surface area contributed by atoms with Crippen LogP contribution in [-0.4, -0.2) is 84.8 Å². The number of piperazine rings is 1. The van der Waals surface area contributed by atoms with Crippen LogP contribution in [0.4, 0.5) is 17.3 Å². The topological polar surface area (TPSA) is 86.1 Å². The molecule has 1 saturated heterocycles. The van der Waals surface area contributed by atoms with E-state index in [-0.39, 0.29) is 0 Å². The van der Waals surface area contributed by atoms with Crippen molar-refractivity contribution in [3.63, 3.8) is 0 Å². The van der Waals surface area contributed by atoms with Crippen molar-refractivity contribution >= 4 is 38.4 Å². The second kappa shape index (κ2) is 8.77. The molecule has 0 atom stereocenters. The highest BCUT2D eigenvalue weighted by molar-refractivity contribution is 7.88. The fourth-order valence-corrected chi connectivity index (χ4v) is 5.10. The average molecular weight is 468 g/mol. The lowest BCUT2D eigenvalue weighted by molar-refractivity contribution is 0.313.